The maximum atomic E-state index is 13.9. The van der Waals surface area contributed by atoms with E-state index in [1.54, 1.807) is 9.80 Å². The molecule has 2 aliphatic rings. The molecule has 2 aromatic carbocycles. The highest BCUT2D eigenvalue weighted by atomic mass is 32.1. The van der Waals surface area contributed by atoms with Gasteiger partial charge in [-0.05, 0) is 47.2 Å². The average Bonchev–Trinajstić information content (AvgIpc) is 3.61. The summed E-state index contributed by atoms with van der Waals surface area (Å²) in [4.78, 5) is 32.9. The van der Waals surface area contributed by atoms with Crippen LogP contribution < -0.4 is 9.80 Å². The second-order valence-corrected chi connectivity index (χ2v) is 9.25. The molecule has 4 nitrogen and oxygen atoms in total. The Morgan fingerprint density at radius 2 is 0.906 bits per heavy atom. The molecule has 0 fully saturated rings. The van der Waals surface area contributed by atoms with Gasteiger partial charge in [0.2, 0.25) is 0 Å². The van der Waals surface area contributed by atoms with E-state index in [0.29, 0.717) is 22.5 Å². The zero-order valence-corrected chi connectivity index (χ0v) is 18.4. The summed E-state index contributed by atoms with van der Waals surface area (Å²) in [7, 11) is 0. The van der Waals surface area contributed by atoms with E-state index < -0.39 is 0 Å². The van der Waals surface area contributed by atoms with Gasteiger partial charge in [-0.3, -0.25) is 19.4 Å². The smallest absolute Gasteiger partial charge is 0.266 e. The van der Waals surface area contributed by atoms with Crippen molar-refractivity contribution >= 4 is 57.0 Å². The van der Waals surface area contributed by atoms with E-state index in [1.807, 2.05) is 95.7 Å². The Hall–Kier alpha value is -3.74. The van der Waals surface area contributed by atoms with Crippen LogP contribution >= 0.6 is 22.7 Å². The van der Waals surface area contributed by atoms with E-state index in [4.69, 9.17) is 0 Å². The fraction of sp³-hybridized carbons (Fsp3) is 0. The Balaban J connectivity index is 1.69. The predicted molar refractivity (Wildman–Crippen MR) is 130 cm³/mol. The molecule has 4 aromatic rings. The number of rotatable bonds is 4. The van der Waals surface area contributed by atoms with Crippen LogP contribution in [0.25, 0.3) is 11.1 Å². The number of carbonyl (C=O) groups excluding carboxylic acids is 2. The molecule has 2 aliphatic heterocycles. The number of carbonyl (C=O) groups is 2. The van der Waals surface area contributed by atoms with Crippen LogP contribution in [0.5, 0.6) is 0 Å². The molecule has 0 unspecified atom stereocenters. The van der Waals surface area contributed by atoms with E-state index in [2.05, 4.69) is 0 Å². The Bertz CT molecular complexity index is 1280. The summed E-state index contributed by atoms with van der Waals surface area (Å²) in [6.07, 6.45) is 0. The topological polar surface area (TPSA) is 40.6 Å². The minimum Gasteiger partial charge on any atom is -0.274 e. The second-order valence-electron chi connectivity index (χ2n) is 7.35. The number of thiophene rings is 2. The van der Waals surface area contributed by atoms with Gasteiger partial charge in [0.25, 0.3) is 11.8 Å². The van der Waals surface area contributed by atoms with Gasteiger partial charge in [-0.2, -0.15) is 0 Å². The summed E-state index contributed by atoms with van der Waals surface area (Å²) in [6.45, 7) is 0. The highest BCUT2D eigenvalue weighted by molar-refractivity contribution is 7.12. The molecule has 0 saturated carbocycles. The van der Waals surface area contributed by atoms with Gasteiger partial charge in [0, 0.05) is 21.1 Å². The number of anilines is 2. The molecule has 154 valence electrons. The van der Waals surface area contributed by atoms with E-state index in [9.17, 15) is 9.59 Å². The molecule has 0 spiro atoms. The number of fused-ring (bicyclic) bond motifs is 1. The van der Waals surface area contributed by atoms with Gasteiger partial charge in [-0.1, -0.05) is 48.5 Å². The SMILES string of the molecule is O=C1C(c2cccs2)=C2C(=C(c3cccs3)C(=O)N2c2ccccc2)N1c1ccccc1. The Morgan fingerprint density at radius 3 is 1.25 bits per heavy atom. The van der Waals surface area contributed by atoms with E-state index in [0.717, 1.165) is 21.1 Å². The van der Waals surface area contributed by atoms with Crippen LogP contribution in [-0.2, 0) is 9.59 Å². The van der Waals surface area contributed by atoms with Crippen molar-refractivity contribution < 1.29 is 9.59 Å². The molecule has 4 heterocycles. The van der Waals surface area contributed by atoms with Gasteiger partial charge in [-0.25, -0.2) is 0 Å². The molecule has 6 heteroatoms. The van der Waals surface area contributed by atoms with Gasteiger partial charge in [0.05, 0.1) is 22.5 Å². The van der Waals surface area contributed by atoms with E-state index in [1.165, 1.54) is 22.7 Å². The molecule has 0 radical (unpaired) electrons. The van der Waals surface area contributed by atoms with E-state index in [-0.39, 0.29) is 11.8 Å². The van der Waals surface area contributed by atoms with Crippen LogP contribution in [0.3, 0.4) is 0 Å². The molecule has 0 N–H and O–H groups in total. The quantitative estimate of drug-likeness (QED) is 0.380. The van der Waals surface area contributed by atoms with Crippen molar-refractivity contribution in [1.29, 1.82) is 0 Å². The minimum absolute atomic E-state index is 0.119. The summed E-state index contributed by atoms with van der Waals surface area (Å²) in [5.74, 6) is -0.239. The van der Waals surface area contributed by atoms with Gasteiger partial charge in [0.15, 0.2) is 0 Å². The predicted octanol–water partition coefficient (Wildman–Crippen LogP) is 6.03. The Morgan fingerprint density at radius 1 is 0.500 bits per heavy atom. The normalized spacial score (nSPS) is 15.9. The summed E-state index contributed by atoms with van der Waals surface area (Å²) in [5, 5.41) is 3.91. The largest absolute Gasteiger partial charge is 0.274 e. The summed E-state index contributed by atoms with van der Waals surface area (Å²) < 4.78 is 0. The number of nitrogens with zero attached hydrogens (tertiary/aromatic N) is 2. The van der Waals surface area contributed by atoms with Crippen LogP contribution in [-0.4, -0.2) is 11.8 Å². The first kappa shape index (κ1) is 19.0. The zero-order valence-electron chi connectivity index (χ0n) is 16.8. The lowest BCUT2D eigenvalue weighted by Gasteiger charge is -2.20. The number of para-hydroxylation sites is 2. The van der Waals surface area contributed by atoms with Crippen LogP contribution in [0.1, 0.15) is 9.75 Å². The molecule has 0 saturated heterocycles. The number of hydrogen-bond donors (Lipinski definition) is 0. The zero-order chi connectivity index (χ0) is 21.7. The summed E-state index contributed by atoms with van der Waals surface area (Å²) in [5.41, 5.74) is 3.91. The Labute approximate surface area is 193 Å². The monoisotopic (exact) mass is 452 g/mol. The number of amides is 2. The first-order valence-electron chi connectivity index (χ1n) is 10.1. The highest BCUT2D eigenvalue weighted by Crippen LogP contribution is 2.50. The van der Waals surface area contributed by atoms with Crippen LogP contribution in [0.2, 0.25) is 0 Å². The number of hydrogen-bond acceptors (Lipinski definition) is 4. The van der Waals surface area contributed by atoms with Gasteiger partial charge in [-0.15, -0.1) is 22.7 Å². The van der Waals surface area contributed by atoms with Crippen molar-refractivity contribution in [3.8, 4) is 0 Å². The molecule has 0 aliphatic carbocycles. The molecule has 2 amide bonds. The van der Waals surface area contributed by atoms with Gasteiger partial charge < -0.3 is 0 Å². The highest BCUT2D eigenvalue weighted by Gasteiger charge is 2.50. The maximum absolute atomic E-state index is 13.9. The number of benzene rings is 2. The molecule has 6 rings (SSSR count). The summed E-state index contributed by atoms with van der Waals surface area (Å²) >= 11 is 3.01. The van der Waals surface area contributed by atoms with Crippen molar-refractivity contribution in [2.75, 3.05) is 9.80 Å². The molecule has 32 heavy (non-hydrogen) atoms. The van der Waals surface area contributed by atoms with Crippen molar-refractivity contribution in [1.82, 2.24) is 0 Å². The third kappa shape index (κ3) is 2.74. The second kappa shape index (κ2) is 7.44. The van der Waals surface area contributed by atoms with Crippen LogP contribution in [0.4, 0.5) is 11.4 Å². The van der Waals surface area contributed by atoms with Gasteiger partial charge >= 0.3 is 0 Å². The first-order valence-corrected chi connectivity index (χ1v) is 11.9. The first-order chi connectivity index (χ1) is 15.8. The minimum atomic E-state index is -0.119. The fourth-order valence-corrected chi connectivity index (χ4v) is 5.76. The molecular formula is C26H16N2O2S2. The third-order valence-electron chi connectivity index (χ3n) is 5.54. The summed E-state index contributed by atoms with van der Waals surface area (Å²) in [6, 6.07) is 26.8. The lowest BCUT2D eigenvalue weighted by Crippen LogP contribution is -2.26. The van der Waals surface area contributed by atoms with E-state index >= 15 is 0 Å². The molecule has 2 aromatic heterocycles. The van der Waals surface area contributed by atoms with Crippen molar-refractivity contribution in [3.05, 3.63) is 117 Å². The van der Waals surface area contributed by atoms with Crippen LogP contribution in [0, 0.1) is 0 Å². The molecular weight excluding hydrogens is 436 g/mol. The van der Waals surface area contributed by atoms with Crippen molar-refractivity contribution in [2.45, 2.75) is 0 Å². The Kier molecular flexibility index (Phi) is 4.41. The van der Waals surface area contributed by atoms with Crippen molar-refractivity contribution in [2.24, 2.45) is 0 Å². The molecule has 0 bridgehead atoms. The third-order valence-corrected chi connectivity index (χ3v) is 7.32. The fourth-order valence-electron chi connectivity index (χ4n) is 4.23. The van der Waals surface area contributed by atoms with Crippen LogP contribution in [0.15, 0.2) is 107 Å². The average molecular weight is 453 g/mol. The van der Waals surface area contributed by atoms with Gasteiger partial charge in [0.1, 0.15) is 0 Å². The van der Waals surface area contributed by atoms with Crippen molar-refractivity contribution in [3.63, 3.8) is 0 Å². The lowest BCUT2D eigenvalue weighted by atomic mass is 10.1. The standard InChI is InChI=1S/C26H16N2O2S2/c29-25-22(20-14-8-16-32-20)24-23(27(25)17-9-3-1-4-10-17)21(19-13-7-15-31-19)26(30)28(24)18-11-5-2-6-12-18/h1-16H. The lowest BCUT2D eigenvalue weighted by molar-refractivity contribution is -0.112. The maximum Gasteiger partial charge on any atom is 0.266 e. The molecule has 0 atom stereocenters.